The van der Waals surface area contributed by atoms with Gasteiger partial charge in [-0.2, -0.15) is 0 Å². The number of benzene rings is 8. The molecular formula is C51H36N4. The number of aromatic nitrogens is 4. The standard InChI is InChI=1S/C51H36N4/c1-35-24-31-41(32-25-35)54-48-23-13-12-22-46(48)47-34-39(30-33-49(47)54)43-19-9-11-21-45(43)44-20-10-8-18-42(44)36-26-28-38(29-27-36)51-53-52-50(37-14-4-2-5-15-37)55(51)40-16-6-3-7-17-40/h2-34H,1H3. The lowest BCUT2D eigenvalue weighted by atomic mass is 9.89. The summed E-state index contributed by atoms with van der Waals surface area (Å²) in [5, 5.41) is 11.9. The van der Waals surface area contributed by atoms with Crippen molar-refractivity contribution in [3.05, 3.63) is 206 Å². The third-order valence-electron chi connectivity index (χ3n) is 10.6. The summed E-state index contributed by atoms with van der Waals surface area (Å²) in [4.78, 5) is 0. The molecule has 0 fully saturated rings. The highest BCUT2D eigenvalue weighted by molar-refractivity contribution is 6.11. The summed E-state index contributed by atoms with van der Waals surface area (Å²) in [6.07, 6.45) is 0. The first-order valence-corrected chi connectivity index (χ1v) is 18.7. The summed E-state index contributed by atoms with van der Waals surface area (Å²) in [7, 11) is 0. The van der Waals surface area contributed by atoms with Crippen molar-refractivity contribution in [1.29, 1.82) is 0 Å². The van der Waals surface area contributed by atoms with Crippen molar-refractivity contribution in [2.45, 2.75) is 6.92 Å². The molecule has 0 aliphatic rings. The van der Waals surface area contributed by atoms with Crippen molar-refractivity contribution in [3.63, 3.8) is 0 Å². The van der Waals surface area contributed by atoms with Crippen LogP contribution in [0.1, 0.15) is 5.56 Å². The van der Waals surface area contributed by atoms with Crippen molar-refractivity contribution in [3.8, 4) is 67.5 Å². The fourth-order valence-electron chi connectivity index (χ4n) is 7.92. The molecule has 4 nitrogen and oxygen atoms in total. The van der Waals surface area contributed by atoms with E-state index < -0.39 is 0 Å². The molecule has 0 saturated heterocycles. The third-order valence-corrected chi connectivity index (χ3v) is 10.6. The highest BCUT2D eigenvalue weighted by Crippen LogP contribution is 2.41. The van der Waals surface area contributed by atoms with Crippen molar-refractivity contribution < 1.29 is 0 Å². The lowest BCUT2D eigenvalue weighted by Crippen LogP contribution is -2.00. The summed E-state index contributed by atoms with van der Waals surface area (Å²) >= 11 is 0. The predicted molar refractivity (Wildman–Crippen MR) is 228 cm³/mol. The molecule has 0 spiro atoms. The van der Waals surface area contributed by atoms with Crippen LogP contribution < -0.4 is 0 Å². The van der Waals surface area contributed by atoms with Crippen LogP contribution in [0.2, 0.25) is 0 Å². The van der Waals surface area contributed by atoms with Gasteiger partial charge in [0.15, 0.2) is 11.6 Å². The smallest absolute Gasteiger partial charge is 0.168 e. The van der Waals surface area contributed by atoms with Crippen LogP contribution in [0.5, 0.6) is 0 Å². The molecule has 2 aromatic heterocycles. The zero-order valence-electron chi connectivity index (χ0n) is 30.3. The number of nitrogens with zero attached hydrogens (tertiary/aromatic N) is 4. The zero-order chi connectivity index (χ0) is 36.7. The SMILES string of the molecule is Cc1ccc(-n2c3ccccc3c3cc(-c4ccccc4-c4ccccc4-c4ccc(-c5nnc(-c6ccccc6)n5-c5ccccc5)cc4)ccc32)cc1. The molecule has 10 rings (SSSR count). The number of hydrogen-bond acceptors (Lipinski definition) is 2. The Hall–Kier alpha value is -7.30. The van der Waals surface area contributed by atoms with Crippen LogP contribution in [-0.2, 0) is 0 Å². The van der Waals surface area contributed by atoms with Gasteiger partial charge in [0.2, 0.25) is 0 Å². The minimum absolute atomic E-state index is 0.800. The van der Waals surface area contributed by atoms with Crippen LogP contribution >= 0.6 is 0 Å². The van der Waals surface area contributed by atoms with Crippen molar-refractivity contribution in [1.82, 2.24) is 19.3 Å². The van der Waals surface area contributed by atoms with Gasteiger partial charge in [-0.15, -0.1) is 10.2 Å². The fraction of sp³-hybridized carbons (Fsp3) is 0.0196. The van der Waals surface area contributed by atoms with Crippen LogP contribution in [0.3, 0.4) is 0 Å². The predicted octanol–water partition coefficient (Wildman–Crippen LogP) is 13.0. The van der Waals surface area contributed by atoms with Crippen LogP contribution in [0.4, 0.5) is 0 Å². The Kier molecular flexibility index (Phi) is 8.00. The molecule has 0 aliphatic heterocycles. The van der Waals surface area contributed by atoms with E-state index in [0.717, 1.165) is 34.0 Å². The Morgan fingerprint density at radius 2 is 0.800 bits per heavy atom. The van der Waals surface area contributed by atoms with Crippen molar-refractivity contribution in [2.75, 3.05) is 0 Å². The Morgan fingerprint density at radius 1 is 0.327 bits per heavy atom. The highest BCUT2D eigenvalue weighted by Gasteiger charge is 2.19. The maximum absolute atomic E-state index is 4.73. The number of hydrogen-bond donors (Lipinski definition) is 0. The van der Waals surface area contributed by atoms with Gasteiger partial charge in [-0.05, 0) is 82.8 Å². The number of fused-ring (bicyclic) bond motifs is 3. The second-order valence-electron chi connectivity index (χ2n) is 14.0. The van der Waals surface area contributed by atoms with E-state index in [-0.39, 0.29) is 0 Å². The lowest BCUT2D eigenvalue weighted by Gasteiger charge is -2.16. The first-order chi connectivity index (χ1) is 27.2. The Balaban J connectivity index is 1.06. The van der Waals surface area contributed by atoms with Crippen molar-refractivity contribution in [2.24, 2.45) is 0 Å². The molecule has 0 atom stereocenters. The third kappa shape index (κ3) is 5.72. The van der Waals surface area contributed by atoms with E-state index in [9.17, 15) is 0 Å². The van der Waals surface area contributed by atoms with Gasteiger partial charge in [-0.1, -0.05) is 163 Å². The normalized spacial score (nSPS) is 11.4. The maximum Gasteiger partial charge on any atom is 0.168 e. The minimum Gasteiger partial charge on any atom is -0.309 e. The Labute approximate surface area is 320 Å². The van der Waals surface area contributed by atoms with Gasteiger partial charge in [-0.3, -0.25) is 4.57 Å². The second kappa shape index (κ2) is 13.6. The molecule has 55 heavy (non-hydrogen) atoms. The molecule has 0 aliphatic carbocycles. The molecule has 2 heterocycles. The van der Waals surface area contributed by atoms with Gasteiger partial charge < -0.3 is 4.57 Å². The van der Waals surface area contributed by atoms with E-state index in [1.807, 2.05) is 36.4 Å². The van der Waals surface area contributed by atoms with E-state index in [0.29, 0.717) is 0 Å². The summed E-state index contributed by atoms with van der Waals surface area (Å²) < 4.78 is 4.52. The summed E-state index contributed by atoms with van der Waals surface area (Å²) in [5.74, 6) is 1.61. The summed E-state index contributed by atoms with van der Waals surface area (Å²) in [6.45, 7) is 2.13. The van der Waals surface area contributed by atoms with Gasteiger partial charge in [-0.25, -0.2) is 0 Å². The molecule has 0 bridgehead atoms. The number of aryl methyl sites for hydroxylation is 1. The van der Waals surface area contributed by atoms with Crippen LogP contribution in [0, 0.1) is 6.92 Å². The van der Waals surface area contributed by atoms with E-state index in [4.69, 9.17) is 5.10 Å². The van der Waals surface area contributed by atoms with E-state index in [2.05, 4.69) is 185 Å². The van der Waals surface area contributed by atoms with Gasteiger partial charge in [0.05, 0.1) is 11.0 Å². The molecule has 0 radical (unpaired) electrons. The van der Waals surface area contributed by atoms with Crippen LogP contribution in [0.25, 0.3) is 89.3 Å². The highest BCUT2D eigenvalue weighted by atomic mass is 15.3. The first kappa shape index (κ1) is 32.4. The van der Waals surface area contributed by atoms with E-state index in [1.165, 1.54) is 60.9 Å². The topological polar surface area (TPSA) is 35.6 Å². The van der Waals surface area contributed by atoms with Gasteiger partial charge in [0.25, 0.3) is 0 Å². The molecule has 0 N–H and O–H groups in total. The maximum atomic E-state index is 4.73. The first-order valence-electron chi connectivity index (χ1n) is 18.7. The van der Waals surface area contributed by atoms with Crippen LogP contribution in [-0.4, -0.2) is 19.3 Å². The zero-order valence-corrected chi connectivity index (χ0v) is 30.3. The fourth-order valence-corrected chi connectivity index (χ4v) is 7.92. The molecule has 0 unspecified atom stereocenters. The Bertz CT molecular complexity index is 2960. The molecule has 260 valence electrons. The second-order valence-corrected chi connectivity index (χ2v) is 14.0. The molecule has 10 aromatic rings. The molecule has 4 heteroatoms. The number of rotatable bonds is 7. The van der Waals surface area contributed by atoms with E-state index >= 15 is 0 Å². The largest absolute Gasteiger partial charge is 0.309 e. The monoisotopic (exact) mass is 704 g/mol. The summed E-state index contributed by atoms with van der Waals surface area (Å²) in [6, 6.07) is 71.2. The molecule has 0 saturated carbocycles. The lowest BCUT2D eigenvalue weighted by molar-refractivity contribution is 1.07. The van der Waals surface area contributed by atoms with Crippen LogP contribution in [0.15, 0.2) is 200 Å². The average molecular weight is 705 g/mol. The van der Waals surface area contributed by atoms with Gasteiger partial charge >= 0.3 is 0 Å². The molecule has 0 amide bonds. The average Bonchev–Trinajstić information content (AvgIpc) is 3.85. The quantitative estimate of drug-likeness (QED) is 0.166. The van der Waals surface area contributed by atoms with E-state index in [1.54, 1.807) is 0 Å². The Morgan fingerprint density at radius 3 is 1.47 bits per heavy atom. The van der Waals surface area contributed by atoms with Crippen molar-refractivity contribution >= 4 is 21.8 Å². The minimum atomic E-state index is 0.800. The number of para-hydroxylation sites is 2. The molecular weight excluding hydrogens is 669 g/mol. The molecule has 8 aromatic carbocycles. The summed E-state index contributed by atoms with van der Waals surface area (Å²) in [5.41, 5.74) is 14.9. The van der Waals surface area contributed by atoms with Gasteiger partial charge in [0.1, 0.15) is 0 Å². The van der Waals surface area contributed by atoms with Gasteiger partial charge in [0, 0.05) is 33.3 Å².